The molecule has 4 rings (SSSR count). The summed E-state index contributed by atoms with van der Waals surface area (Å²) in [7, 11) is 0. The van der Waals surface area contributed by atoms with E-state index in [1.165, 1.54) is 17.5 Å². The van der Waals surface area contributed by atoms with Crippen LogP contribution < -0.4 is 15.8 Å². The molecule has 26 heavy (non-hydrogen) atoms. The molecule has 0 fully saturated rings. The summed E-state index contributed by atoms with van der Waals surface area (Å²) in [5.74, 6) is 0.115. The summed E-state index contributed by atoms with van der Waals surface area (Å²) in [6.07, 6.45) is 3.35. The van der Waals surface area contributed by atoms with E-state index in [0.29, 0.717) is 22.8 Å². The minimum absolute atomic E-state index is 0.0796. The van der Waals surface area contributed by atoms with E-state index >= 15 is 0 Å². The highest BCUT2D eigenvalue weighted by molar-refractivity contribution is 5.92. The van der Waals surface area contributed by atoms with Gasteiger partial charge in [0.2, 0.25) is 0 Å². The molecule has 1 aromatic heterocycles. The van der Waals surface area contributed by atoms with Crippen LogP contribution in [0.25, 0.3) is 11.4 Å². The van der Waals surface area contributed by atoms with E-state index in [-0.39, 0.29) is 12.5 Å². The summed E-state index contributed by atoms with van der Waals surface area (Å²) < 4.78 is 10.1. The van der Waals surface area contributed by atoms with Crippen molar-refractivity contribution in [1.29, 1.82) is 0 Å². The third kappa shape index (κ3) is 3.51. The highest BCUT2D eigenvalue weighted by atomic mass is 16.5. The van der Waals surface area contributed by atoms with Crippen LogP contribution in [0.5, 0.6) is 5.75 Å². The quantitative estimate of drug-likeness (QED) is 0.736. The van der Waals surface area contributed by atoms with Gasteiger partial charge < -0.3 is 10.1 Å². The SMILES string of the molecule is O=C(COc1ccc2c(c1)CCC2)Nc1cccc(-c2noc(=O)[nH]2)c1. The van der Waals surface area contributed by atoms with Crippen LogP contribution in [0.1, 0.15) is 17.5 Å². The van der Waals surface area contributed by atoms with Crippen molar-refractivity contribution in [2.75, 3.05) is 11.9 Å². The van der Waals surface area contributed by atoms with Gasteiger partial charge in [-0.1, -0.05) is 23.4 Å². The van der Waals surface area contributed by atoms with Gasteiger partial charge in [-0.3, -0.25) is 14.3 Å². The zero-order valence-corrected chi connectivity index (χ0v) is 14.0. The van der Waals surface area contributed by atoms with Gasteiger partial charge in [0, 0.05) is 11.3 Å². The lowest BCUT2D eigenvalue weighted by molar-refractivity contribution is -0.118. The summed E-state index contributed by atoms with van der Waals surface area (Å²) in [4.78, 5) is 25.7. The number of fused-ring (bicyclic) bond motifs is 1. The predicted molar refractivity (Wildman–Crippen MR) is 95.2 cm³/mol. The molecule has 1 amide bonds. The van der Waals surface area contributed by atoms with E-state index in [4.69, 9.17) is 4.74 Å². The molecule has 0 saturated heterocycles. The van der Waals surface area contributed by atoms with Crippen LogP contribution in [0.2, 0.25) is 0 Å². The molecule has 2 N–H and O–H groups in total. The maximum atomic E-state index is 12.1. The summed E-state index contributed by atoms with van der Waals surface area (Å²) in [6.45, 7) is -0.0796. The van der Waals surface area contributed by atoms with Gasteiger partial charge in [-0.2, -0.15) is 0 Å². The number of aromatic amines is 1. The standard InChI is InChI=1S/C19H17N3O4/c23-17(11-25-16-8-7-12-3-1-4-13(12)10-16)20-15-6-2-5-14(9-15)18-21-19(24)26-22-18/h2,5-10H,1,3-4,11H2,(H,20,23)(H,21,22,24). The highest BCUT2D eigenvalue weighted by Crippen LogP contribution is 2.26. The predicted octanol–water partition coefficient (Wildman–Crippen LogP) is 2.54. The number of hydrogen-bond donors (Lipinski definition) is 2. The van der Waals surface area contributed by atoms with E-state index in [1.54, 1.807) is 24.3 Å². The number of H-pyrrole nitrogens is 1. The van der Waals surface area contributed by atoms with Crippen molar-refractivity contribution in [1.82, 2.24) is 10.1 Å². The van der Waals surface area contributed by atoms with Crippen LogP contribution >= 0.6 is 0 Å². The van der Waals surface area contributed by atoms with Crippen molar-refractivity contribution in [2.45, 2.75) is 19.3 Å². The Morgan fingerprint density at radius 3 is 2.92 bits per heavy atom. The van der Waals surface area contributed by atoms with E-state index in [1.807, 2.05) is 12.1 Å². The monoisotopic (exact) mass is 351 g/mol. The van der Waals surface area contributed by atoms with Gasteiger partial charge in [-0.05, 0) is 54.7 Å². The number of nitrogens with zero attached hydrogens (tertiary/aromatic N) is 1. The van der Waals surface area contributed by atoms with Gasteiger partial charge in [0.15, 0.2) is 12.4 Å². The normalized spacial score (nSPS) is 12.6. The first kappa shape index (κ1) is 16.1. The Hall–Kier alpha value is -3.35. The topological polar surface area (TPSA) is 97.2 Å². The molecular formula is C19H17N3O4. The number of carbonyl (C=O) groups is 1. The van der Waals surface area contributed by atoms with Gasteiger partial charge in [0.05, 0.1) is 0 Å². The summed E-state index contributed by atoms with van der Waals surface area (Å²) in [5.41, 5.74) is 3.88. The molecule has 7 heteroatoms. The number of hydrogen-bond acceptors (Lipinski definition) is 5. The minimum Gasteiger partial charge on any atom is -0.484 e. The van der Waals surface area contributed by atoms with Crippen molar-refractivity contribution < 1.29 is 14.1 Å². The van der Waals surface area contributed by atoms with E-state index in [0.717, 1.165) is 12.8 Å². The van der Waals surface area contributed by atoms with Gasteiger partial charge in [0.25, 0.3) is 5.91 Å². The maximum Gasteiger partial charge on any atom is 0.439 e. The third-order valence-electron chi connectivity index (χ3n) is 4.30. The average Bonchev–Trinajstić information content (AvgIpc) is 3.28. The fourth-order valence-electron chi connectivity index (χ4n) is 3.08. The number of aryl methyl sites for hydroxylation is 2. The Balaban J connectivity index is 1.38. The Labute approximate surface area is 149 Å². The second-order valence-corrected chi connectivity index (χ2v) is 6.15. The number of benzene rings is 2. The lowest BCUT2D eigenvalue weighted by atomic mass is 10.1. The molecule has 1 aliphatic carbocycles. The van der Waals surface area contributed by atoms with Crippen molar-refractivity contribution in [2.24, 2.45) is 0 Å². The Morgan fingerprint density at radius 1 is 1.19 bits per heavy atom. The molecule has 0 bridgehead atoms. The second-order valence-electron chi connectivity index (χ2n) is 6.15. The molecule has 0 radical (unpaired) electrons. The maximum absolute atomic E-state index is 12.1. The van der Waals surface area contributed by atoms with Crippen LogP contribution in [0.4, 0.5) is 5.69 Å². The fourth-order valence-corrected chi connectivity index (χ4v) is 3.08. The molecule has 0 spiro atoms. The molecule has 7 nitrogen and oxygen atoms in total. The molecule has 2 aromatic carbocycles. The zero-order chi connectivity index (χ0) is 17.9. The van der Waals surface area contributed by atoms with Gasteiger partial charge in [0.1, 0.15) is 5.75 Å². The lowest BCUT2D eigenvalue weighted by Gasteiger charge is -2.09. The van der Waals surface area contributed by atoms with Crippen LogP contribution in [-0.2, 0) is 17.6 Å². The number of anilines is 1. The molecule has 0 unspecified atom stereocenters. The smallest absolute Gasteiger partial charge is 0.439 e. The Bertz CT molecular complexity index is 1010. The van der Waals surface area contributed by atoms with Gasteiger partial charge in [-0.15, -0.1) is 0 Å². The van der Waals surface area contributed by atoms with E-state index in [9.17, 15) is 9.59 Å². The number of amides is 1. The molecule has 0 atom stereocenters. The zero-order valence-electron chi connectivity index (χ0n) is 14.0. The Morgan fingerprint density at radius 2 is 2.08 bits per heavy atom. The molecule has 0 aliphatic heterocycles. The van der Waals surface area contributed by atoms with Gasteiger partial charge >= 0.3 is 5.76 Å². The molecule has 132 valence electrons. The van der Waals surface area contributed by atoms with Crippen molar-refractivity contribution >= 4 is 11.6 Å². The second kappa shape index (κ2) is 6.87. The molecule has 0 saturated carbocycles. The average molecular weight is 351 g/mol. The number of aromatic nitrogens is 2. The molecule has 1 aliphatic rings. The first-order valence-corrected chi connectivity index (χ1v) is 8.38. The van der Waals surface area contributed by atoms with Crippen molar-refractivity contribution in [3.05, 3.63) is 64.1 Å². The van der Waals surface area contributed by atoms with Crippen molar-refractivity contribution in [3.8, 4) is 17.1 Å². The number of rotatable bonds is 5. The molecule has 1 heterocycles. The van der Waals surface area contributed by atoms with Crippen molar-refractivity contribution in [3.63, 3.8) is 0 Å². The van der Waals surface area contributed by atoms with Crippen LogP contribution in [0.15, 0.2) is 51.8 Å². The summed E-state index contributed by atoms with van der Waals surface area (Å²) >= 11 is 0. The largest absolute Gasteiger partial charge is 0.484 e. The highest BCUT2D eigenvalue weighted by Gasteiger charge is 2.12. The lowest BCUT2D eigenvalue weighted by Crippen LogP contribution is -2.20. The number of carbonyl (C=O) groups excluding carboxylic acids is 1. The Kier molecular flexibility index (Phi) is 4.27. The fraction of sp³-hybridized carbons (Fsp3) is 0.211. The number of ether oxygens (including phenoxy) is 1. The van der Waals surface area contributed by atoms with Gasteiger partial charge in [-0.25, -0.2) is 4.79 Å². The minimum atomic E-state index is -0.628. The first-order chi connectivity index (χ1) is 12.7. The van der Waals surface area contributed by atoms with Crippen LogP contribution in [0.3, 0.4) is 0 Å². The first-order valence-electron chi connectivity index (χ1n) is 8.38. The van der Waals surface area contributed by atoms with Crippen LogP contribution in [0, 0.1) is 0 Å². The summed E-state index contributed by atoms with van der Waals surface area (Å²) in [5, 5.41) is 6.40. The summed E-state index contributed by atoms with van der Waals surface area (Å²) in [6, 6.07) is 12.9. The van der Waals surface area contributed by atoms with E-state index < -0.39 is 5.76 Å². The van der Waals surface area contributed by atoms with Crippen LogP contribution in [-0.4, -0.2) is 22.7 Å². The third-order valence-corrected chi connectivity index (χ3v) is 4.30. The molecular weight excluding hydrogens is 334 g/mol. The van der Waals surface area contributed by atoms with E-state index in [2.05, 4.69) is 26.0 Å². The number of nitrogens with one attached hydrogen (secondary N) is 2. The molecule has 3 aromatic rings.